The van der Waals surface area contributed by atoms with Crippen LogP contribution in [-0.2, 0) is 27.3 Å². The van der Waals surface area contributed by atoms with Crippen LogP contribution in [0.4, 0.5) is 0 Å². The van der Waals surface area contributed by atoms with Crippen molar-refractivity contribution in [2.75, 3.05) is 47.6 Å². The second-order valence-corrected chi connectivity index (χ2v) is 10.6. The van der Waals surface area contributed by atoms with Crippen LogP contribution in [0.3, 0.4) is 0 Å². The molecule has 0 radical (unpaired) electrons. The number of ether oxygens (including phenoxy) is 3. The Labute approximate surface area is 233 Å². The normalized spacial score (nSPS) is 11.7. The standard InChI is InChI=1S/C30H46N2O5S/c1-7-9-11-25(8-2)30(34)32(16-10-18-35-4)22-29(33)31(21-28-23(3)15-19-38-28)17-14-24-12-13-26(36-5)27(20-24)37-6/h12-13,15,19-20,25H,7-11,14,16-18,21-22H2,1-6H3/t25-/m1/s1. The topological polar surface area (TPSA) is 68.3 Å². The van der Waals surface area contributed by atoms with Crippen LogP contribution >= 0.6 is 11.3 Å². The third kappa shape index (κ3) is 9.62. The molecule has 0 aliphatic rings. The second-order valence-electron chi connectivity index (χ2n) is 9.63. The van der Waals surface area contributed by atoms with E-state index in [0.717, 1.165) is 36.1 Å². The molecule has 0 fully saturated rings. The number of methoxy groups -OCH3 is 3. The molecule has 1 aromatic heterocycles. The molecule has 0 N–H and O–H groups in total. The fraction of sp³-hybridized carbons (Fsp3) is 0.600. The summed E-state index contributed by atoms with van der Waals surface area (Å²) in [7, 11) is 4.90. The number of benzene rings is 1. The van der Waals surface area contributed by atoms with Crippen molar-refractivity contribution in [3.8, 4) is 11.5 Å². The minimum atomic E-state index is -0.0509. The van der Waals surface area contributed by atoms with E-state index < -0.39 is 0 Å². The molecule has 212 valence electrons. The summed E-state index contributed by atoms with van der Waals surface area (Å²) in [6.07, 6.45) is 5.08. The first-order valence-electron chi connectivity index (χ1n) is 13.7. The number of amides is 2. The molecule has 0 aliphatic carbocycles. The molecule has 7 nitrogen and oxygen atoms in total. The van der Waals surface area contributed by atoms with Gasteiger partial charge in [0.1, 0.15) is 0 Å². The molecule has 8 heteroatoms. The molecule has 1 atom stereocenters. The summed E-state index contributed by atoms with van der Waals surface area (Å²) in [5.74, 6) is 1.35. The van der Waals surface area contributed by atoms with E-state index >= 15 is 0 Å². The monoisotopic (exact) mass is 546 g/mol. The first-order valence-corrected chi connectivity index (χ1v) is 14.6. The third-order valence-corrected chi connectivity index (χ3v) is 7.94. The predicted octanol–water partition coefficient (Wildman–Crippen LogP) is 5.73. The van der Waals surface area contributed by atoms with Crippen molar-refractivity contribution >= 4 is 23.2 Å². The van der Waals surface area contributed by atoms with Crippen LogP contribution in [0.2, 0.25) is 0 Å². The highest BCUT2D eigenvalue weighted by atomic mass is 32.1. The average molecular weight is 547 g/mol. The van der Waals surface area contributed by atoms with Crippen LogP contribution in [0.25, 0.3) is 0 Å². The molecular weight excluding hydrogens is 500 g/mol. The molecule has 0 unspecified atom stereocenters. The lowest BCUT2D eigenvalue weighted by Crippen LogP contribution is -2.45. The number of nitrogens with zero attached hydrogens (tertiary/aromatic N) is 2. The Morgan fingerprint density at radius 1 is 0.974 bits per heavy atom. The highest BCUT2D eigenvalue weighted by Crippen LogP contribution is 2.28. The summed E-state index contributed by atoms with van der Waals surface area (Å²) in [4.78, 5) is 32.1. The quantitative estimate of drug-likeness (QED) is 0.224. The smallest absolute Gasteiger partial charge is 0.242 e. The maximum Gasteiger partial charge on any atom is 0.242 e. The molecule has 0 spiro atoms. The van der Waals surface area contributed by atoms with Crippen LogP contribution in [0.5, 0.6) is 11.5 Å². The zero-order chi connectivity index (χ0) is 27.9. The second kappa shape index (κ2) is 17.1. The summed E-state index contributed by atoms with van der Waals surface area (Å²) in [5.41, 5.74) is 2.24. The molecular formula is C30H46N2O5S. The summed E-state index contributed by atoms with van der Waals surface area (Å²) in [6.45, 7) is 8.50. The van der Waals surface area contributed by atoms with Gasteiger partial charge in [-0.3, -0.25) is 9.59 Å². The average Bonchev–Trinajstić information content (AvgIpc) is 3.34. The van der Waals surface area contributed by atoms with E-state index in [-0.39, 0.29) is 24.3 Å². The zero-order valence-electron chi connectivity index (χ0n) is 24.1. The SMILES string of the molecule is CCCC[C@@H](CC)C(=O)N(CCCOC)CC(=O)N(CCc1ccc(OC)c(OC)c1)Cc1sccc1C. The van der Waals surface area contributed by atoms with Gasteiger partial charge in [-0.1, -0.05) is 32.8 Å². The van der Waals surface area contributed by atoms with Crippen molar-refractivity contribution in [1.82, 2.24) is 9.80 Å². The molecule has 2 amide bonds. The lowest BCUT2D eigenvalue weighted by Gasteiger charge is -2.30. The van der Waals surface area contributed by atoms with Crippen LogP contribution in [0, 0.1) is 12.8 Å². The number of hydrogen-bond donors (Lipinski definition) is 0. The first-order chi connectivity index (χ1) is 18.4. The Hall–Kier alpha value is -2.58. The minimum Gasteiger partial charge on any atom is -0.493 e. The van der Waals surface area contributed by atoms with Crippen molar-refractivity contribution in [3.05, 3.63) is 45.6 Å². The summed E-state index contributed by atoms with van der Waals surface area (Å²) < 4.78 is 16.1. The van der Waals surface area contributed by atoms with E-state index in [0.29, 0.717) is 50.6 Å². The largest absolute Gasteiger partial charge is 0.493 e. The Morgan fingerprint density at radius 2 is 1.74 bits per heavy atom. The minimum absolute atomic E-state index is 0.0330. The van der Waals surface area contributed by atoms with Crippen LogP contribution < -0.4 is 9.47 Å². The molecule has 1 aromatic carbocycles. The van der Waals surface area contributed by atoms with Crippen molar-refractivity contribution < 1.29 is 23.8 Å². The van der Waals surface area contributed by atoms with Gasteiger partial charge in [-0.05, 0) is 67.3 Å². The third-order valence-electron chi connectivity index (χ3n) is 6.94. The van der Waals surface area contributed by atoms with E-state index in [9.17, 15) is 9.59 Å². The number of thiophene rings is 1. The molecule has 0 saturated heterocycles. The molecule has 38 heavy (non-hydrogen) atoms. The highest BCUT2D eigenvalue weighted by molar-refractivity contribution is 7.10. The lowest BCUT2D eigenvalue weighted by molar-refractivity contribution is -0.143. The maximum atomic E-state index is 13.8. The van der Waals surface area contributed by atoms with Gasteiger partial charge in [0.05, 0.1) is 27.3 Å². The molecule has 2 rings (SSSR count). The fourth-order valence-electron chi connectivity index (χ4n) is 4.47. The van der Waals surface area contributed by atoms with Gasteiger partial charge in [-0.2, -0.15) is 0 Å². The van der Waals surface area contributed by atoms with E-state index in [1.165, 1.54) is 5.56 Å². The summed E-state index contributed by atoms with van der Waals surface area (Å²) in [6, 6.07) is 7.93. The van der Waals surface area contributed by atoms with Crippen LogP contribution in [-0.4, -0.2) is 69.2 Å². The molecule has 2 aromatic rings. The Bertz CT molecular complexity index is 993. The maximum absolute atomic E-state index is 13.8. The van der Waals surface area contributed by atoms with Crippen molar-refractivity contribution in [3.63, 3.8) is 0 Å². The van der Waals surface area contributed by atoms with Crippen molar-refractivity contribution in [2.45, 2.75) is 65.8 Å². The number of aryl methyl sites for hydroxylation is 1. The van der Waals surface area contributed by atoms with Crippen molar-refractivity contribution in [2.24, 2.45) is 5.92 Å². The van der Waals surface area contributed by atoms with E-state index in [1.54, 1.807) is 37.6 Å². The van der Waals surface area contributed by atoms with Gasteiger partial charge in [0, 0.05) is 37.6 Å². The van der Waals surface area contributed by atoms with E-state index in [2.05, 4.69) is 32.2 Å². The number of unbranched alkanes of at least 4 members (excludes halogenated alkanes) is 1. The number of hydrogen-bond acceptors (Lipinski definition) is 6. The molecule has 1 heterocycles. The molecule has 0 bridgehead atoms. The van der Waals surface area contributed by atoms with Gasteiger partial charge in [-0.15, -0.1) is 11.3 Å². The van der Waals surface area contributed by atoms with Crippen LogP contribution in [0.15, 0.2) is 29.6 Å². The molecule has 0 aliphatic heterocycles. The van der Waals surface area contributed by atoms with E-state index in [1.807, 2.05) is 23.1 Å². The molecule has 0 saturated carbocycles. The predicted molar refractivity (Wildman–Crippen MR) is 154 cm³/mol. The fourth-order valence-corrected chi connectivity index (χ4v) is 5.39. The first kappa shape index (κ1) is 31.6. The van der Waals surface area contributed by atoms with Gasteiger partial charge in [0.2, 0.25) is 11.8 Å². The number of carbonyl (C=O) groups excluding carboxylic acids is 2. The van der Waals surface area contributed by atoms with Gasteiger partial charge in [0.25, 0.3) is 0 Å². The highest BCUT2D eigenvalue weighted by Gasteiger charge is 2.26. The van der Waals surface area contributed by atoms with E-state index in [4.69, 9.17) is 14.2 Å². The Balaban J connectivity index is 2.23. The van der Waals surface area contributed by atoms with Gasteiger partial charge >= 0.3 is 0 Å². The Kier molecular flexibility index (Phi) is 14.2. The van der Waals surface area contributed by atoms with Gasteiger partial charge in [-0.25, -0.2) is 0 Å². The van der Waals surface area contributed by atoms with Crippen molar-refractivity contribution in [1.29, 1.82) is 0 Å². The van der Waals surface area contributed by atoms with Crippen LogP contribution in [0.1, 0.15) is 62.0 Å². The zero-order valence-corrected chi connectivity index (χ0v) is 24.9. The number of rotatable bonds is 18. The number of carbonyl (C=O) groups is 2. The Morgan fingerprint density at radius 3 is 2.34 bits per heavy atom. The van der Waals surface area contributed by atoms with Gasteiger partial charge < -0.3 is 24.0 Å². The summed E-state index contributed by atoms with van der Waals surface area (Å²) >= 11 is 1.66. The lowest BCUT2D eigenvalue weighted by atomic mass is 9.97. The van der Waals surface area contributed by atoms with Gasteiger partial charge in [0.15, 0.2) is 11.5 Å². The summed E-state index contributed by atoms with van der Waals surface area (Å²) in [5, 5.41) is 2.06.